The molecule has 84 valence electrons. The van der Waals surface area contributed by atoms with E-state index in [1.807, 2.05) is 0 Å². The van der Waals surface area contributed by atoms with E-state index in [-0.39, 0.29) is 0 Å². The number of fused-ring (bicyclic) bond motifs is 1. The van der Waals surface area contributed by atoms with Crippen LogP contribution >= 0.6 is 0 Å². The largest absolute Gasteiger partial charge is 0.378 e. The molecule has 0 saturated carbocycles. The summed E-state index contributed by atoms with van der Waals surface area (Å²) < 4.78 is 7.65. The van der Waals surface area contributed by atoms with Crippen molar-refractivity contribution in [2.45, 2.75) is 6.04 Å². The molecule has 0 radical (unpaired) electrons. The Balaban J connectivity index is 1.99. The van der Waals surface area contributed by atoms with E-state index in [4.69, 9.17) is 4.74 Å². The van der Waals surface area contributed by atoms with Crippen LogP contribution in [0.3, 0.4) is 0 Å². The van der Waals surface area contributed by atoms with Crippen LogP contribution in [0.4, 0.5) is 0 Å². The number of aromatic nitrogens is 1. The molecule has 16 heavy (non-hydrogen) atoms. The van der Waals surface area contributed by atoms with Crippen LogP contribution in [0, 0.1) is 0 Å². The molecule has 1 aromatic carbocycles. The molecule has 3 rings (SSSR count). The Bertz CT molecular complexity index is 498. The van der Waals surface area contributed by atoms with E-state index in [2.05, 4.69) is 47.4 Å². The molecule has 0 amide bonds. The lowest BCUT2D eigenvalue weighted by Crippen LogP contribution is -2.34. The molecule has 1 fully saturated rings. The highest BCUT2D eigenvalue weighted by Gasteiger charge is 2.15. The Morgan fingerprint density at radius 2 is 2.31 bits per heavy atom. The highest BCUT2D eigenvalue weighted by Crippen LogP contribution is 2.22. The molecule has 1 aromatic heterocycles. The first-order chi connectivity index (χ1) is 7.84. The number of ether oxygens (including phenoxy) is 1. The number of hydrogen-bond acceptors (Lipinski definition) is 2. The van der Waals surface area contributed by atoms with Crippen molar-refractivity contribution in [2.75, 3.05) is 19.8 Å². The maximum absolute atomic E-state index is 5.49. The lowest BCUT2D eigenvalue weighted by Gasteiger charge is -2.24. The summed E-state index contributed by atoms with van der Waals surface area (Å²) in [5, 5.41) is 4.77. The van der Waals surface area contributed by atoms with Crippen LogP contribution < -0.4 is 5.32 Å². The molecule has 3 heteroatoms. The van der Waals surface area contributed by atoms with Gasteiger partial charge in [0.2, 0.25) is 0 Å². The van der Waals surface area contributed by atoms with E-state index in [0.717, 1.165) is 19.8 Å². The highest BCUT2D eigenvalue weighted by molar-refractivity contribution is 5.80. The van der Waals surface area contributed by atoms with E-state index in [9.17, 15) is 0 Å². The second-order valence-corrected chi connectivity index (χ2v) is 4.33. The molecule has 0 spiro atoms. The van der Waals surface area contributed by atoms with Gasteiger partial charge in [0.15, 0.2) is 0 Å². The van der Waals surface area contributed by atoms with Gasteiger partial charge in [-0.3, -0.25) is 0 Å². The van der Waals surface area contributed by atoms with Gasteiger partial charge in [0.05, 0.1) is 19.3 Å². The molecule has 1 unspecified atom stereocenters. The van der Waals surface area contributed by atoms with Crippen molar-refractivity contribution in [3.63, 3.8) is 0 Å². The number of benzene rings is 1. The summed E-state index contributed by atoms with van der Waals surface area (Å²) in [6.45, 7) is 2.54. The lowest BCUT2D eigenvalue weighted by atomic mass is 10.1. The van der Waals surface area contributed by atoms with Crippen LogP contribution in [0.1, 0.15) is 11.6 Å². The fourth-order valence-electron chi connectivity index (χ4n) is 2.28. The molecule has 1 atom stereocenters. The van der Waals surface area contributed by atoms with Gasteiger partial charge in [0, 0.05) is 25.3 Å². The standard InChI is InChI=1S/C13H16N2O/c1-15-6-4-10-2-3-11(8-13(10)15)12-9-16-7-5-14-12/h2-4,6,8,12,14H,5,7,9H2,1H3. The molecule has 1 aliphatic heterocycles. The third-order valence-corrected chi connectivity index (χ3v) is 3.24. The second kappa shape index (κ2) is 3.92. The molecule has 0 aliphatic carbocycles. The fraction of sp³-hybridized carbons (Fsp3) is 0.385. The molecule has 1 N–H and O–H groups in total. The minimum absolute atomic E-state index is 0.341. The van der Waals surface area contributed by atoms with Crippen LogP contribution in [0.5, 0.6) is 0 Å². The average molecular weight is 216 g/mol. The van der Waals surface area contributed by atoms with Crippen LogP contribution in [0.15, 0.2) is 30.5 Å². The molecule has 2 heterocycles. The molecular weight excluding hydrogens is 200 g/mol. The molecule has 3 nitrogen and oxygen atoms in total. The summed E-state index contributed by atoms with van der Waals surface area (Å²) in [6, 6.07) is 9.11. The van der Waals surface area contributed by atoms with Crippen molar-refractivity contribution in [3.05, 3.63) is 36.0 Å². The average Bonchev–Trinajstić information content (AvgIpc) is 2.72. The number of aryl methyl sites for hydroxylation is 1. The summed E-state index contributed by atoms with van der Waals surface area (Å²) in [5.41, 5.74) is 2.60. The van der Waals surface area contributed by atoms with Crippen LogP contribution in [0.25, 0.3) is 10.9 Å². The number of nitrogens with zero attached hydrogens (tertiary/aromatic N) is 1. The minimum Gasteiger partial charge on any atom is -0.378 e. The van der Waals surface area contributed by atoms with Crippen molar-refractivity contribution in [2.24, 2.45) is 7.05 Å². The Hall–Kier alpha value is -1.32. The zero-order chi connectivity index (χ0) is 11.0. The molecule has 1 saturated heterocycles. The van der Waals surface area contributed by atoms with E-state index in [1.165, 1.54) is 16.5 Å². The first kappa shape index (κ1) is 9.87. The summed E-state index contributed by atoms with van der Waals surface area (Å²) in [7, 11) is 2.08. The number of hydrogen-bond donors (Lipinski definition) is 1. The van der Waals surface area contributed by atoms with Crippen molar-refractivity contribution < 1.29 is 4.74 Å². The minimum atomic E-state index is 0.341. The van der Waals surface area contributed by atoms with Crippen LogP contribution in [-0.2, 0) is 11.8 Å². The first-order valence-electron chi connectivity index (χ1n) is 5.71. The van der Waals surface area contributed by atoms with E-state index in [0.29, 0.717) is 6.04 Å². The lowest BCUT2D eigenvalue weighted by molar-refractivity contribution is 0.0769. The molecule has 0 bridgehead atoms. The second-order valence-electron chi connectivity index (χ2n) is 4.33. The summed E-state index contributed by atoms with van der Waals surface area (Å²) in [5.74, 6) is 0. The van der Waals surface area contributed by atoms with Gasteiger partial charge < -0.3 is 14.6 Å². The van der Waals surface area contributed by atoms with E-state index in [1.54, 1.807) is 0 Å². The zero-order valence-electron chi connectivity index (χ0n) is 9.44. The summed E-state index contributed by atoms with van der Waals surface area (Å²) >= 11 is 0. The Kier molecular flexibility index (Phi) is 2.42. The summed E-state index contributed by atoms with van der Waals surface area (Å²) in [4.78, 5) is 0. The van der Waals surface area contributed by atoms with Gasteiger partial charge in [0.1, 0.15) is 0 Å². The van der Waals surface area contributed by atoms with Gasteiger partial charge >= 0.3 is 0 Å². The van der Waals surface area contributed by atoms with Gasteiger partial charge in [0.25, 0.3) is 0 Å². The monoisotopic (exact) mass is 216 g/mol. The fourth-order valence-corrected chi connectivity index (χ4v) is 2.28. The van der Waals surface area contributed by atoms with Crippen molar-refractivity contribution in [3.8, 4) is 0 Å². The van der Waals surface area contributed by atoms with E-state index < -0.39 is 0 Å². The third kappa shape index (κ3) is 1.62. The predicted octanol–water partition coefficient (Wildman–Crippen LogP) is 1.84. The van der Waals surface area contributed by atoms with E-state index >= 15 is 0 Å². The topological polar surface area (TPSA) is 26.2 Å². The molecular formula is C13H16N2O. The first-order valence-corrected chi connectivity index (χ1v) is 5.71. The van der Waals surface area contributed by atoms with Gasteiger partial charge in [-0.2, -0.15) is 0 Å². The highest BCUT2D eigenvalue weighted by atomic mass is 16.5. The van der Waals surface area contributed by atoms with Crippen LogP contribution in [0.2, 0.25) is 0 Å². The quantitative estimate of drug-likeness (QED) is 0.787. The Morgan fingerprint density at radius 3 is 3.12 bits per heavy atom. The molecule has 1 aliphatic rings. The smallest absolute Gasteiger partial charge is 0.0662 e. The Morgan fingerprint density at radius 1 is 1.38 bits per heavy atom. The van der Waals surface area contributed by atoms with Crippen molar-refractivity contribution >= 4 is 10.9 Å². The van der Waals surface area contributed by atoms with Crippen LogP contribution in [-0.4, -0.2) is 24.3 Å². The Labute approximate surface area is 95.0 Å². The number of nitrogens with one attached hydrogen (secondary N) is 1. The SMILES string of the molecule is Cn1ccc2ccc(C3COCCN3)cc21. The van der Waals surface area contributed by atoms with Gasteiger partial charge in [-0.25, -0.2) is 0 Å². The predicted molar refractivity (Wildman–Crippen MR) is 64.5 cm³/mol. The number of rotatable bonds is 1. The van der Waals surface area contributed by atoms with Gasteiger partial charge in [-0.15, -0.1) is 0 Å². The zero-order valence-corrected chi connectivity index (χ0v) is 9.44. The normalized spacial score (nSPS) is 21.4. The molecule has 2 aromatic rings. The van der Waals surface area contributed by atoms with Gasteiger partial charge in [-0.1, -0.05) is 12.1 Å². The third-order valence-electron chi connectivity index (χ3n) is 3.24. The van der Waals surface area contributed by atoms with Gasteiger partial charge in [-0.05, 0) is 23.1 Å². The maximum atomic E-state index is 5.49. The summed E-state index contributed by atoms with van der Waals surface area (Å²) in [6.07, 6.45) is 2.10. The number of morpholine rings is 1. The van der Waals surface area contributed by atoms with Crippen molar-refractivity contribution in [1.82, 2.24) is 9.88 Å². The maximum Gasteiger partial charge on any atom is 0.0662 e. The van der Waals surface area contributed by atoms with Crippen molar-refractivity contribution in [1.29, 1.82) is 0 Å².